The number of halogens is 1. The van der Waals surface area contributed by atoms with Crippen LogP contribution in [0.2, 0.25) is 5.02 Å². The third kappa shape index (κ3) is 4.97. The summed E-state index contributed by atoms with van der Waals surface area (Å²) in [5.74, 6) is 2.05. The summed E-state index contributed by atoms with van der Waals surface area (Å²) in [6, 6.07) is 16.4. The lowest BCUT2D eigenvalue weighted by Gasteiger charge is -2.36. The number of piperazine rings is 1. The van der Waals surface area contributed by atoms with Gasteiger partial charge in [-0.15, -0.1) is 0 Å². The maximum Gasteiger partial charge on any atom is 0.127 e. The Balaban J connectivity index is 1.40. The van der Waals surface area contributed by atoms with Gasteiger partial charge in [-0.3, -0.25) is 4.90 Å². The van der Waals surface area contributed by atoms with Crippen LogP contribution in [0.1, 0.15) is 31.6 Å². The molecule has 3 aromatic rings. The molecule has 1 saturated heterocycles. The zero-order valence-electron chi connectivity index (χ0n) is 17.9. The molecule has 0 saturated carbocycles. The topological polar surface area (TPSA) is 33.5 Å². The van der Waals surface area contributed by atoms with E-state index in [1.165, 1.54) is 11.3 Å². The third-order valence-corrected chi connectivity index (χ3v) is 6.25. The van der Waals surface area contributed by atoms with Crippen LogP contribution < -0.4 is 4.74 Å². The van der Waals surface area contributed by atoms with Crippen molar-refractivity contribution in [3.63, 3.8) is 0 Å². The highest BCUT2D eigenvalue weighted by molar-refractivity contribution is 6.30. The van der Waals surface area contributed by atoms with E-state index in [4.69, 9.17) is 21.3 Å². The molecule has 30 heavy (non-hydrogen) atoms. The normalized spacial score (nSPS) is 16.8. The first-order chi connectivity index (χ1) is 14.6. The van der Waals surface area contributed by atoms with Crippen LogP contribution in [0, 0.1) is 0 Å². The molecule has 0 amide bonds. The van der Waals surface area contributed by atoms with Crippen LogP contribution in [0.4, 0.5) is 0 Å². The lowest BCUT2D eigenvalue weighted by Crippen LogP contribution is -2.45. The van der Waals surface area contributed by atoms with Gasteiger partial charge >= 0.3 is 0 Å². The first-order valence-electron chi connectivity index (χ1n) is 10.9. The van der Waals surface area contributed by atoms with Gasteiger partial charge < -0.3 is 14.2 Å². The van der Waals surface area contributed by atoms with E-state index in [-0.39, 0.29) is 0 Å². The van der Waals surface area contributed by atoms with Gasteiger partial charge in [-0.2, -0.15) is 0 Å². The zero-order chi connectivity index (χ0) is 20.9. The predicted octanol–water partition coefficient (Wildman–Crippen LogP) is 4.86. The highest BCUT2D eigenvalue weighted by Gasteiger charge is 2.24. The van der Waals surface area contributed by atoms with Crippen molar-refractivity contribution in [2.24, 2.45) is 0 Å². The van der Waals surface area contributed by atoms with Crippen molar-refractivity contribution < 1.29 is 4.74 Å². The van der Waals surface area contributed by atoms with Gasteiger partial charge in [-0.05, 0) is 63.2 Å². The zero-order valence-corrected chi connectivity index (χ0v) is 18.7. The predicted molar refractivity (Wildman–Crippen MR) is 123 cm³/mol. The van der Waals surface area contributed by atoms with Crippen LogP contribution in [0.25, 0.3) is 11.0 Å². The van der Waals surface area contributed by atoms with Crippen LogP contribution in [0.5, 0.6) is 5.75 Å². The van der Waals surface area contributed by atoms with Crippen molar-refractivity contribution in [3.05, 3.63) is 59.4 Å². The van der Waals surface area contributed by atoms with E-state index in [2.05, 4.69) is 52.6 Å². The SMILES string of the molecule is CC(c1nc2ccccc2n1CCCCOc1ccc(Cl)cc1)N1CCN(C)CC1. The number of nitrogens with zero attached hydrogens (tertiary/aromatic N) is 4. The standard InChI is InChI=1S/C24H31ClN4O/c1-19(28-16-14-27(2)15-17-28)24-26-22-7-3-4-8-23(22)29(24)13-5-6-18-30-21-11-9-20(25)10-12-21/h3-4,7-12,19H,5-6,13-18H2,1-2H3. The number of imidazole rings is 1. The molecular formula is C24H31ClN4O. The molecule has 5 nitrogen and oxygen atoms in total. The first kappa shape index (κ1) is 21.2. The quantitative estimate of drug-likeness (QED) is 0.482. The number of hydrogen-bond donors (Lipinski definition) is 0. The Labute approximate surface area is 184 Å². The summed E-state index contributed by atoms with van der Waals surface area (Å²) in [7, 11) is 2.20. The van der Waals surface area contributed by atoms with Crippen molar-refractivity contribution in [2.45, 2.75) is 32.4 Å². The summed E-state index contributed by atoms with van der Waals surface area (Å²) in [6.45, 7) is 8.38. The molecule has 2 heterocycles. The Morgan fingerprint density at radius 3 is 2.50 bits per heavy atom. The van der Waals surface area contributed by atoms with E-state index in [0.717, 1.165) is 61.9 Å². The fourth-order valence-corrected chi connectivity index (χ4v) is 4.24. The van der Waals surface area contributed by atoms with Gasteiger partial charge in [-0.1, -0.05) is 23.7 Å². The molecule has 0 aliphatic carbocycles. The number of likely N-dealkylation sites (N-methyl/N-ethyl adjacent to an activating group) is 1. The minimum Gasteiger partial charge on any atom is -0.494 e. The number of unbranched alkanes of at least 4 members (excludes halogenated alkanes) is 1. The monoisotopic (exact) mass is 426 g/mol. The smallest absolute Gasteiger partial charge is 0.127 e. The van der Waals surface area contributed by atoms with Gasteiger partial charge in [0, 0.05) is 37.7 Å². The maximum atomic E-state index is 5.93. The van der Waals surface area contributed by atoms with Crippen molar-refractivity contribution in [1.82, 2.24) is 19.4 Å². The summed E-state index contributed by atoms with van der Waals surface area (Å²) >= 11 is 5.93. The van der Waals surface area contributed by atoms with Crippen molar-refractivity contribution in [3.8, 4) is 5.75 Å². The molecule has 4 rings (SSSR count). The van der Waals surface area contributed by atoms with Crippen molar-refractivity contribution in [2.75, 3.05) is 39.8 Å². The Hall–Kier alpha value is -2.08. The number of aromatic nitrogens is 2. The maximum absolute atomic E-state index is 5.93. The number of ether oxygens (including phenoxy) is 1. The number of para-hydroxylation sites is 2. The number of hydrogen-bond acceptors (Lipinski definition) is 4. The van der Waals surface area contributed by atoms with Gasteiger partial charge in [-0.25, -0.2) is 4.98 Å². The van der Waals surface area contributed by atoms with Gasteiger partial charge in [0.05, 0.1) is 23.7 Å². The van der Waals surface area contributed by atoms with Crippen LogP contribution in [0.15, 0.2) is 48.5 Å². The number of fused-ring (bicyclic) bond motifs is 1. The summed E-state index contributed by atoms with van der Waals surface area (Å²) < 4.78 is 8.27. The summed E-state index contributed by atoms with van der Waals surface area (Å²) in [5.41, 5.74) is 2.32. The van der Waals surface area contributed by atoms with E-state index in [0.29, 0.717) is 12.6 Å². The molecule has 2 aromatic carbocycles. The molecule has 160 valence electrons. The van der Waals surface area contributed by atoms with E-state index in [9.17, 15) is 0 Å². The molecular weight excluding hydrogens is 396 g/mol. The second-order valence-corrected chi connectivity index (χ2v) is 8.57. The molecule has 1 aliphatic rings. The molecule has 0 N–H and O–H groups in total. The Bertz CT molecular complexity index is 947. The number of rotatable bonds is 8. The van der Waals surface area contributed by atoms with E-state index >= 15 is 0 Å². The van der Waals surface area contributed by atoms with Gasteiger partial charge in [0.25, 0.3) is 0 Å². The second kappa shape index (κ2) is 9.82. The van der Waals surface area contributed by atoms with E-state index in [1.807, 2.05) is 24.3 Å². The van der Waals surface area contributed by atoms with Crippen LogP contribution in [0.3, 0.4) is 0 Å². The molecule has 6 heteroatoms. The first-order valence-corrected chi connectivity index (χ1v) is 11.3. The van der Waals surface area contributed by atoms with Crippen molar-refractivity contribution >= 4 is 22.6 Å². The minimum atomic E-state index is 0.316. The molecule has 1 atom stereocenters. The molecule has 0 radical (unpaired) electrons. The number of aryl methyl sites for hydroxylation is 1. The fraction of sp³-hybridized carbons (Fsp3) is 0.458. The molecule has 1 aromatic heterocycles. The fourth-order valence-electron chi connectivity index (χ4n) is 4.11. The van der Waals surface area contributed by atoms with Crippen LogP contribution in [-0.4, -0.2) is 59.2 Å². The molecule has 0 spiro atoms. The second-order valence-electron chi connectivity index (χ2n) is 8.14. The summed E-state index contributed by atoms with van der Waals surface area (Å²) in [6.07, 6.45) is 2.05. The van der Waals surface area contributed by atoms with Gasteiger partial charge in [0.15, 0.2) is 0 Å². The average Bonchev–Trinajstić information content (AvgIpc) is 3.13. The average molecular weight is 427 g/mol. The van der Waals surface area contributed by atoms with E-state index < -0.39 is 0 Å². The highest BCUT2D eigenvalue weighted by Crippen LogP contribution is 2.26. The third-order valence-electron chi connectivity index (χ3n) is 6.00. The van der Waals surface area contributed by atoms with Crippen LogP contribution in [-0.2, 0) is 6.54 Å². The number of benzene rings is 2. The molecule has 0 bridgehead atoms. The Morgan fingerprint density at radius 2 is 1.73 bits per heavy atom. The van der Waals surface area contributed by atoms with Crippen LogP contribution >= 0.6 is 11.6 Å². The van der Waals surface area contributed by atoms with Gasteiger partial charge in [0.2, 0.25) is 0 Å². The lowest BCUT2D eigenvalue weighted by molar-refractivity contribution is 0.113. The molecule has 1 unspecified atom stereocenters. The highest BCUT2D eigenvalue weighted by atomic mass is 35.5. The Morgan fingerprint density at radius 1 is 1.00 bits per heavy atom. The largest absolute Gasteiger partial charge is 0.494 e. The summed E-state index contributed by atoms with van der Waals surface area (Å²) in [5, 5.41) is 0.733. The van der Waals surface area contributed by atoms with Crippen molar-refractivity contribution in [1.29, 1.82) is 0 Å². The lowest BCUT2D eigenvalue weighted by atomic mass is 10.2. The molecule has 1 aliphatic heterocycles. The molecule has 1 fully saturated rings. The Kier molecular flexibility index (Phi) is 6.93. The minimum absolute atomic E-state index is 0.316. The van der Waals surface area contributed by atoms with E-state index in [1.54, 1.807) is 0 Å². The van der Waals surface area contributed by atoms with Gasteiger partial charge in [0.1, 0.15) is 11.6 Å². The summed E-state index contributed by atoms with van der Waals surface area (Å²) in [4.78, 5) is 9.98.